The lowest BCUT2D eigenvalue weighted by Gasteiger charge is -2.10. The second-order valence-electron chi connectivity index (χ2n) is 3.52. The van der Waals surface area contributed by atoms with Crippen LogP contribution < -0.4 is 5.73 Å². The number of hydrogen-bond donors (Lipinski definition) is 1. The molecule has 0 aromatic heterocycles. The van der Waals surface area contributed by atoms with E-state index in [0.717, 1.165) is 23.6 Å². The Labute approximate surface area is 92.8 Å². The quantitative estimate of drug-likeness (QED) is 0.846. The lowest BCUT2D eigenvalue weighted by molar-refractivity contribution is -0.136. The SMILES string of the molecule is CCc1ccc(C=C[C@H](N)C(F)(F)F)cc1. The number of nitrogens with two attached hydrogens (primary N) is 1. The Balaban J connectivity index is 2.69. The Bertz CT molecular complexity index is 352. The second-order valence-corrected chi connectivity index (χ2v) is 3.52. The van der Waals surface area contributed by atoms with Crippen molar-refractivity contribution >= 4 is 6.08 Å². The molecule has 0 bridgehead atoms. The number of hydrogen-bond acceptors (Lipinski definition) is 1. The average molecular weight is 229 g/mol. The zero-order chi connectivity index (χ0) is 12.2. The van der Waals surface area contributed by atoms with Crippen molar-refractivity contribution in [3.8, 4) is 0 Å². The fraction of sp³-hybridized carbons (Fsp3) is 0.333. The third-order valence-corrected chi connectivity index (χ3v) is 2.26. The standard InChI is InChI=1S/C12H14F3N/c1-2-9-3-5-10(6-4-9)7-8-11(16)12(13,14)15/h3-8,11H,2,16H2,1H3/t11-/m0/s1. The van der Waals surface area contributed by atoms with Crippen LogP contribution in [0.1, 0.15) is 18.1 Å². The minimum absolute atomic E-state index is 0.719. The van der Waals surface area contributed by atoms with Crippen molar-refractivity contribution in [3.63, 3.8) is 0 Å². The van der Waals surface area contributed by atoms with Crippen molar-refractivity contribution in [2.45, 2.75) is 25.6 Å². The lowest BCUT2D eigenvalue weighted by Crippen LogP contribution is -2.35. The molecular formula is C12H14F3N. The highest BCUT2D eigenvalue weighted by Gasteiger charge is 2.34. The van der Waals surface area contributed by atoms with E-state index in [2.05, 4.69) is 0 Å². The molecule has 1 nitrogen and oxygen atoms in total. The molecule has 1 rings (SSSR count). The molecule has 0 amide bonds. The summed E-state index contributed by atoms with van der Waals surface area (Å²) in [6.45, 7) is 2.02. The van der Waals surface area contributed by atoms with Crippen LogP contribution in [0, 0.1) is 0 Å². The van der Waals surface area contributed by atoms with Crippen LogP contribution in [-0.4, -0.2) is 12.2 Å². The molecular weight excluding hydrogens is 215 g/mol. The van der Waals surface area contributed by atoms with Gasteiger partial charge in [0.25, 0.3) is 0 Å². The first-order chi connectivity index (χ1) is 7.43. The van der Waals surface area contributed by atoms with Crippen molar-refractivity contribution in [1.82, 2.24) is 0 Å². The highest BCUT2D eigenvalue weighted by Crippen LogP contribution is 2.20. The molecule has 2 N–H and O–H groups in total. The summed E-state index contributed by atoms with van der Waals surface area (Å²) >= 11 is 0. The summed E-state index contributed by atoms with van der Waals surface area (Å²) in [6, 6.07) is 5.42. The van der Waals surface area contributed by atoms with E-state index in [9.17, 15) is 13.2 Å². The molecule has 0 heterocycles. The molecule has 0 fully saturated rings. The van der Waals surface area contributed by atoms with Gasteiger partial charge >= 0.3 is 6.18 Å². The molecule has 1 aromatic rings. The maximum atomic E-state index is 12.1. The third kappa shape index (κ3) is 3.70. The summed E-state index contributed by atoms with van der Waals surface area (Å²) in [4.78, 5) is 0. The highest BCUT2D eigenvalue weighted by atomic mass is 19.4. The number of benzene rings is 1. The van der Waals surface area contributed by atoms with E-state index >= 15 is 0 Å². The first-order valence-electron chi connectivity index (χ1n) is 5.03. The molecule has 0 spiro atoms. The first-order valence-corrected chi connectivity index (χ1v) is 5.03. The molecule has 0 saturated carbocycles. The molecule has 4 heteroatoms. The first kappa shape index (κ1) is 12.8. The van der Waals surface area contributed by atoms with Gasteiger partial charge in [0.2, 0.25) is 0 Å². The summed E-state index contributed by atoms with van der Waals surface area (Å²) in [6.07, 6.45) is -1.12. The Kier molecular flexibility index (Phi) is 4.12. The Morgan fingerprint density at radius 2 is 1.81 bits per heavy atom. The Morgan fingerprint density at radius 1 is 1.25 bits per heavy atom. The predicted molar refractivity (Wildman–Crippen MR) is 58.9 cm³/mol. The van der Waals surface area contributed by atoms with Gasteiger partial charge in [-0.1, -0.05) is 43.3 Å². The van der Waals surface area contributed by atoms with Gasteiger partial charge in [-0.3, -0.25) is 0 Å². The van der Waals surface area contributed by atoms with E-state index in [1.54, 1.807) is 12.1 Å². The summed E-state index contributed by atoms with van der Waals surface area (Å²) in [5.74, 6) is 0. The van der Waals surface area contributed by atoms with Crippen LogP contribution in [0.2, 0.25) is 0 Å². The van der Waals surface area contributed by atoms with Crippen LogP contribution in [0.4, 0.5) is 13.2 Å². The summed E-state index contributed by atoms with van der Waals surface area (Å²) in [7, 11) is 0. The highest BCUT2D eigenvalue weighted by molar-refractivity contribution is 5.50. The van der Waals surface area contributed by atoms with Crippen LogP contribution >= 0.6 is 0 Å². The van der Waals surface area contributed by atoms with E-state index in [1.165, 1.54) is 6.08 Å². The molecule has 0 aliphatic heterocycles. The number of alkyl halides is 3. The van der Waals surface area contributed by atoms with Gasteiger partial charge in [0.05, 0.1) is 0 Å². The lowest BCUT2D eigenvalue weighted by atomic mass is 10.1. The van der Waals surface area contributed by atoms with E-state index in [4.69, 9.17) is 5.73 Å². The Hall–Kier alpha value is -1.29. The maximum absolute atomic E-state index is 12.1. The second kappa shape index (κ2) is 5.16. The van der Waals surface area contributed by atoms with Gasteiger partial charge in [-0.05, 0) is 17.5 Å². The van der Waals surface area contributed by atoms with Crippen LogP contribution in [0.15, 0.2) is 30.3 Å². The van der Waals surface area contributed by atoms with E-state index in [0.29, 0.717) is 0 Å². The minimum atomic E-state index is -4.38. The van der Waals surface area contributed by atoms with Crippen molar-refractivity contribution in [2.24, 2.45) is 5.73 Å². The van der Waals surface area contributed by atoms with Crippen LogP contribution in [0.5, 0.6) is 0 Å². The molecule has 16 heavy (non-hydrogen) atoms. The summed E-state index contributed by atoms with van der Waals surface area (Å²) in [5, 5.41) is 0. The smallest absolute Gasteiger partial charge is 0.317 e. The van der Waals surface area contributed by atoms with Gasteiger partial charge in [0, 0.05) is 0 Å². The van der Waals surface area contributed by atoms with Gasteiger partial charge in [0.1, 0.15) is 6.04 Å². The summed E-state index contributed by atoms with van der Waals surface area (Å²) < 4.78 is 36.3. The van der Waals surface area contributed by atoms with Crippen molar-refractivity contribution < 1.29 is 13.2 Å². The van der Waals surface area contributed by atoms with Crippen LogP contribution in [0.3, 0.4) is 0 Å². The van der Waals surface area contributed by atoms with Crippen molar-refractivity contribution in [2.75, 3.05) is 0 Å². The van der Waals surface area contributed by atoms with Crippen LogP contribution in [0.25, 0.3) is 6.08 Å². The molecule has 0 radical (unpaired) electrons. The van der Waals surface area contributed by atoms with Crippen LogP contribution in [-0.2, 0) is 6.42 Å². The van der Waals surface area contributed by atoms with Gasteiger partial charge in [-0.25, -0.2) is 0 Å². The molecule has 0 unspecified atom stereocenters. The van der Waals surface area contributed by atoms with E-state index in [-0.39, 0.29) is 0 Å². The molecule has 0 aliphatic carbocycles. The zero-order valence-electron chi connectivity index (χ0n) is 8.96. The largest absolute Gasteiger partial charge is 0.407 e. The Morgan fingerprint density at radius 3 is 2.25 bits per heavy atom. The predicted octanol–water partition coefficient (Wildman–Crippen LogP) is 3.15. The van der Waals surface area contributed by atoms with Crippen molar-refractivity contribution in [3.05, 3.63) is 41.5 Å². The normalized spacial score (nSPS) is 14.3. The third-order valence-electron chi connectivity index (χ3n) is 2.26. The van der Waals surface area contributed by atoms with Gasteiger partial charge < -0.3 is 5.73 Å². The topological polar surface area (TPSA) is 26.0 Å². The molecule has 0 aliphatic rings. The number of aryl methyl sites for hydroxylation is 1. The number of rotatable bonds is 3. The zero-order valence-corrected chi connectivity index (χ0v) is 8.96. The van der Waals surface area contributed by atoms with E-state index < -0.39 is 12.2 Å². The molecule has 1 atom stereocenters. The minimum Gasteiger partial charge on any atom is -0.317 e. The van der Waals surface area contributed by atoms with E-state index in [1.807, 2.05) is 19.1 Å². The van der Waals surface area contributed by atoms with Gasteiger partial charge in [0.15, 0.2) is 0 Å². The fourth-order valence-electron chi connectivity index (χ4n) is 1.19. The molecule has 0 saturated heterocycles. The summed E-state index contributed by atoms with van der Waals surface area (Å²) in [5.41, 5.74) is 6.81. The maximum Gasteiger partial charge on any atom is 0.407 e. The molecule has 88 valence electrons. The van der Waals surface area contributed by atoms with Gasteiger partial charge in [-0.2, -0.15) is 13.2 Å². The fourth-order valence-corrected chi connectivity index (χ4v) is 1.19. The average Bonchev–Trinajstić information content (AvgIpc) is 2.25. The number of halogens is 3. The van der Waals surface area contributed by atoms with Crippen molar-refractivity contribution in [1.29, 1.82) is 0 Å². The molecule has 1 aromatic carbocycles. The monoisotopic (exact) mass is 229 g/mol. The van der Waals surface area contributed by atoms with Gasteiger partial charge in [-0.15, -0.1) is 0 Å².